The third-order valence-electron chi connectivity index (χ3n) is 3.50. The van der Waals surface area contributed by atoms with Gasteiger partial charge in [-0.25, -0.2) is 9.97 Å². The van der Waals surface area contributed by atoms with Crippen molar-refractivity contribution in [2.45, 2.75) is 27.3 Å². The Kier molecular flexibility index (Phi) is 4.57. The average Bonchev–Trinajstić information content (AvgIpc) is 2.63. The highest BCUT2D eigenvalue weighted by atomic mass is 16.5. The van der Waals surface area contributed by atoms with Gasteiger partial charge >= 0.3 is 0 Å². The van der Waals surface area contributed by atoms with Gasteiger partial charge in [-0.05, 0) is 26.3 Å². The van der Waals surface area contributed by atoms with Crippen molar-refractivity contribution in [1.82, 2.24) is 14.5 Å². The normalized spacial score (nSPS) is 11.4. The van der Waals surface area contributed by atoms with Crippen LogP contribution in [0.25, 0.3) is 11.0 Å². The van der Waals surface area contributed by atoms with Gasteiger partial charge in [-0.1, -0.05) is 0 Å². The van der Waals surface area contributed by atoms with E-state index in [0.29, 0.717) is 31.5 Å². The van der Waals surface area contributed by atoms with E-state index < -0.39 is 0 Å². The van der Waals surface area contributed by atoms with Crippen LogP contribution in [0, 0.1) is 20.8 Å². The van der Waals surface area contributed by atoms with E-state index in [-0.39, 0.29) is 0 Å². The summed E-state index contributed by atoms with van der Waals surface area (Å²) >= 11 is 0. The summed E-state index contributed by atoms with van der Waals surface area (Å²) in [4.78, 5) is 8.77. The summed E-state index contributed by atoms with van der Waals surface area (Å²) in [7, 11) is 1.67. The molecule has 0 unspecified atom stereocenters. The molecule has 0 fully saturated rings. The molecular weight excluding hydrogens is 256 g/mol. The molecule has 20 heavy (non-hydrogen) atoms. The minimum Gasteiger partial charge on any atom is -0.383 e. The van der Waals surface area contributed by atoms with E-state index in [1.807, 2.05) is 6.92 Å². The first kappa shape index (κ1) is 14.7. The summed E-state index contributed by atoms with van der Waals surface area (Å²) in [6.45, 7) is 8.55. The van der Waals surface area contributed by atoms with Crippen molar-refractivity contribution in [2.24, 2.45) is 0 Å². The molecule has 0 amide bonds. The maximum Gasteiger partial charge on any atom is 0.146 e. The minimum absolute atomic E-state index is 0.548. The molecule has 0 aliphatic rings. The van der Waals surface area contributed by atoms with E-state index in [9.17, 15) is 0 Å². The molecule has 2 N–H and O–H groups in total. The summed E-state index contributed by atoms with van der Waals surface area (Å²) in [6.07, 6.45) is 0. The van der Waals surface area contributed by atoms with E-state index in [1.165, 1.54) is 0 Å². The molecule has 0 aromatic carbocycles. The first-order chi connectivity index (χ1) is 9.56. The molecule has 0 radical (unpaired) electrons. The van der Waals surface area contributed by atoms with Crippen LogP contribution in [0.15, 0.2) is 0 Å². The van der Waals surface area contributed by atoms with E-state index >= 15 is 0 Å². The van der Waals surface area contributed by atoms with Gasteiger partial charge < -0.3 is 19.8 Å². The number of rotatable bonds is 6. The van der Waals surface area contributed by atoms with Crippen molar-refractivity contribution in [3.8, 4) is 0 Å². The van der Waals surface area contributed by atoms with Crippen LogP contribution in [0.3, 0.4) is 0 Å². The molecule has 2 aromatic heterocycles. The number of hydrogen-bond acceptors (Lipinski definition) is 5. The molecule has 110 valence electrons. The molecule has 0 aliphatic carbocycles. The van der Waals surface area contributed by atoms with Crippen molar-refractivity contribution < 1.29 is 9.47 Å². The number of nitrogen functional groups attached to an aromatic ring is 1. The van der Waals surface area contributed by atoms with Crippen molar-refractivity contribution in [3.63, 3.8) is 0 Å². The van der Waals surface area contributed by atoms with Gasteiger partial charge in [0.2, 0.25) is 0 Å². The molecule has 0 bridgehead atoms. The number of fused-ring (bicyclic) bond motifs is 1. The first-order valence-electron chi connectivity index (χ1n) is 6.72. The predicted octanol–water partition coefficient (Wildman–Crippen LogP) is 1.60. The minimum atomic E-state index is 0.548. The fourth-order valence-corrected chi connectivity index (χ4v) is 2.35. The zero-order valence-corrected chi connectivity index (χ0v) is 12.6. The molecule has 0 spiro atoms. The van der Waals surface area contributed by atoms with E-state index in [2.05, 4.69) is 28.4 Å². The largest absolute Gasteiger partial charge is 0.383 e. The Morgan fingerprint density at radius 2 is 1.85 bits per heavy atom. The second kappa shape index (κ2) is 6.19. The van der Waals surface area contributed by atoms with Crippen LogP contribution in [0.2, 0.25) is 0 Å². The number of anilines is 1. The first-order valence-corrected chi connectivity index (χ1v) is 6.72. The Morgan fingerprint density at radius 3 is 2.55 bits per heavy atom. The van der Waals surface area contributed by atoms with E-state index in [0.717, 1.165) is 28.8 Å². The lowest BCUT2D eigenvalue weighted by atomic mass is 10.2. The zero-order chi connectivity index (χ0) is 14.7. The fraction of sp³-hybridized carbons (Fsp3) is 0.571. The standard InChI is InChI=1S/C14H22N4O2/c1-9-10(2)18(5-6-20-8-7-19-4)14-12(9)13(15)16-11(3)17-14/h5-8H2,1-4H3,(H2,15,16,17). The highest BCUT2D eigenvalue weighted by molar-refractivity contribution is 5.91. The van der Waals surface area contributed by atoms with Gasteiger partial charge in [-0.15, -0.1) is 0 Å². The smallest absolute Gasteiger partial charge is 0.146 e. The monoisotopic (exact) mass is 278 g/mol. The topological polar surface area (TPSA) is 75.2 Å². The van der Waals surface area contributed by atoms with Crippen molar-refractivity contribution in [2.75, 3.05) is 32.7 Å². The van der Waals surface area contributed by atoms with Crippen LogP contribution >= 0.6 is 0 Å². The summed E-state index contributed by atoms with van der Waals surface area (Å²) < 4.78 is 12.6. The van der Waals surface area contributed by atoms with E-state index in [1.54, 1.807) is 7.11 Å². The predicted molar refractivity (Wildman–Crippen MR) is 78.8 cm³/mol. The highest BCUT2D eigenvalue weighted by Gasteiger charge is 2.15. The van der Waals surface area contributed by atoms with Crippen LogP contribution < -0.4 is 5.73 Å². The SMILES string of the molecule is COCCOCCn1c(C)c(C)c2c(N)nc(C)nc21. The molecule has 2 aromatic rings. The molecule has 0 saturated carbocycles. The Bertz CT molecular complexity index is 607. The Morgan fingerprint density at radius 1 is 1.10 bits per heavy atom. The van der Waals surface area contributed by atoms with Crippen LogP contribution in [-0.2, 0) is 16.0 Å². The van der Waals surface area contributed by atoms with Crippen LogP contribution in [0.1, 0.15) is 17.1 Å². The van der Waals surface area contributed by atoms with Crippen molar-refractivity contribution in [1.29, 1.82) is 0 Å². The van der Waals surface area contributed by atoms with Gasteiger partial charge in [0, 0.05) is 19.3 Å². The summed E-state index contributed by atoms with van der Waals surface area (Å²) in [5.41, 5.74) is 9.20. The lowest BCUT2D eigenvalue weighted by Crippen LogP contribution is -2.11. The van der Waals surface area contributed by atoms with Crippen LogP contribution in [0.4, 0.5) is 5.82 Å². The zero-order valence-electron chi connectivity index (χ0n) is 12.6. The Labute approximate surface area is 118 Å². The maximum absolute atomic E-state index is 6.02. The van der Waals surface area contributed by atoms with Crippen molar-refractivity contribution in [3.05, 3.63) is 17.1 Å². The van der Waals surface area contributed by atoms with Gasteiger partial charge in [0.1, 0.15) is 17.3 Å². The van der Waals surface area contributed by atoms with Crippen LogP contribution in [-0.4, -0.2) is 41.5 Å². The highest BCUT2D eigenvalue weighted by Crippen LogP contribution is 2.27. The van der Waals surface area contributed by atoms with Gasteiger partial charge in [-0.2, -0.15) is 0 Å². The molecule has 6 heteroatoms. The number of ether oxygens (including phenoxy) is 2. The summed E-state index contributed by atoms with van der Waals surface area (Å²) in [6, 6.07) is 0. The van der Waals surface area contributed by atoms with Crippen molar-refractivity contribution >= 4 is 16.9 Å². The molecule has 2 rings (SSSR count). The second-order valence-corrected chi connectivity index (χ2v) is 4.82. The Balaban J connectivity index is 2.26. The van der Waals surface area contributed by atoms with Gasteiger partial charge in [-0.3, -0.25) is 0 Å². The quantitative estimate of drug-likeness (QED) is 0.812. The molecule has 2 heterocycles. The van der Waals surface area contributed by atoms with Crippen LogP contribution in [0.5, 0.6) is 0 Å². The Hall–Kier alpha value is -1.66. The lowest BCUT2D eigenvalue weighted by molar-refractivity contribution is 0.0668. The summed E-state index contributed by atoms with van der Waals surface area (Å²) in [5.74, 6) is 1.24. The molecular formula is C14H22N4O2. The van der Waals surface area contributed by atoms with Gasteiger partial charge in [0.05, 0.1) is 25.2 Å². The number of methoxy groups -OCH3 is 1. The number of hydrogen-bond donors (Lipinski definition) is 1. The number of nitrogens with zero attached hydrogens (tertiary/aromatic N) is 3. The average molecular weight is 278 g/mol. The molecule has 0 atom stereocenters. The molecule has 0 saturated heterocycles. The summed E-state index contributed by atoms with van der Waals surface area (Å²) in [5, 5.41) is 0.949. The van der Waals surface area contributed by atoms with Gasteiger partial charge in [0.15, 0.2) is 0 Å². The molecule has 0 aliphatic heterocycles. The number of aromatic nitrogens is 3. The third-order valence-corrected chi connectivity index (χ3v) is 3.50. The number of nitrogens with two attached hydrogens (primary N) is 1. The second-order valence-electron chi connectivity index (χ2n) is 4.82. The lowest BCUT2D eigenvalue weighted by Gasteiger charge is -2.09. The number of aryl methyl sites for hydroxylation is 2. The fourth-order valence-electron chi connectivity index (χ4n) is 2.35. The van der Waals surface area contributed by atoms with Gasteiger partial charge in [0.25, 0.3) is 0 Å². The third kappa shape index (κ3) is 2.76. The van der Waals surface area contributed by atoms with E-state index in [4.69, 9.17) is 15.2 Å². The molecule has 6 nitrogen and oxygen atoms in total. The maximum atomic E-state index is 6.02.